The minimum absolute atomic E-state index is 0. The first-order valence-electron chi connectivity index (χ1n) is 16.1. The summed E-state index contributed by atoms with van der Waals surface area (Å²) in [5.41, 5.74) is 14.5. The minimum Gasteiger partial charge on any atom is -0.358 e. The van der Waals surface area contributed by atoms with Crippen molar-refractivity contribution in [3.63, 3.8) is 0 Å². The van der Waals surface area contributed by atoms with Crippen molar-refractivity contribution in [2.75, 3.05) is 0 Å². The monoisotopic (exact) mass is 1390 g/mol. The molecule has 0 amide bonds. The van der Waals surface area contributed by atoms with Gasteiger partial charge in [0.25, 0.3) is 0 Å². The van der Waals surface area contributed by atoms with Crippen LogP contribution in [0.25, 0.3) is 0 Å². The SMILES string of the molecule is C.C.C.C.C.C.Cc1cccc(C)n1.Cc1ccccn1.Cc1cccnc1.Cc1ccncc1.Cc1cncc(C)c1.Cc1nc(C)c(C)c(C)c1C.[CH3-].[CH3-].[CH3-].[CH3-].[CH3-].[CH3-].[Nb].[Nb].[Nb].[Nb].[Nb].[Nb]. The van der Waals surface area contributed by atoms with Crippen LogP contribution in [-0.2, 0) is 134 Å². The molecule has 6 radical (unpaired) electrons. The molecule has 0 aromatic carbocycles. The van der Waals surface area contributed by atoms with E-state index < -0.39 is 0 Å². The molecule has 0 unspecified atom stereocenters. The fourth-order valence-electron chi connectivity index (χ4n) is 3.95. The van der Waals surface area contributed by atoms with Gasteiger partial charge in [-0.3, -0.25) is 29.9 Å². The molecular weight excluding hydrogens is 1290 g/mol. The standard InChI is InChI=1S/C10H15N.2C7H9N.3C6H7N.6CH4.6CH3.6Nb/c1-6-7(2)9(4)11-10(5)8(6)3;1-6-3-7(2)5-8-4-6;1-6-4-3-5-7(2)8-6;1-6-2-4-7-5-3-6;1-6-3-2-4-7-5-6;1-6-4-2-3-5-7-6;;;;;;;;;;;;;;;;;;/h1-5H3;2*3-5H,1-2H3;3*2-5H,1H3;6*1H4;6*1H3;;;;;;/q;;;;;;;;;;;;6*-1;;;;;;. The Morgan fingerprint density at radius 2 is 0.697 bits per heavy atom. The quantitative estimate of drug-likeness (QED) is 0.111. The van der Waals surface area contributed by atoms with Crippen LogP contribution in [0.4, 0.5) is 0 Å². The van der Waals surface area contributed by atoms with Crippen LogP contribution in [0.5, 0.6) is 0 Å². The van der Waals surface area contributed by atoms with Gasteiger partial charge in [0.05, 0.1) is 0 Å². The third-order valence-corrected chi connectivity index (χ3v) is 7.05. The van der Waals surface area contributed by atoms with Crippen LogP contribution >= 0.6 is 0 Å². The summed E-state index contributed by atoms with van der Waals surface area (Å²) in [6.07, 6.45) is 12.7. The minimum atomic E-state index is 0. The average Bonchev–Trinajstić information content (AvgIpc) is 3.05. The number of hydrogen-bond acceptors (Lipinski definition) is 6. The largest absolute Gasteiger partial charge is 0.358 e. The summed E-state index contributed by atoms with van der Waals surface area (Å²) in [6, 6.07) is 21.8. The molecule has 0 aliphatic carbocycles. The van der Waals surface area contributed by atoms with Crippen LogP contribution in [0.2, 0.25) is 0 Å². The first kappa shape index (κ1) is 121. The number of rotatable bonds is 0. The molecule has 0 N–H and O–H groups in total. The van der Waals surface area contributed by atoms with E-state index in [1.165, 1.54) is 38.9 Å². The Labute approximate surface area is 508 Å². The normalized spacial score (nSPS) is 6.73. The topological polar surface area (TPSA) is 77.3 Å². The molecule has 0 bridgehead atoms. The van der Waals surface area contributed by atoms with Crippen LogP contribution in [0, 0.1) is 128 Å². The van der Waals surface area contributed by atoms with Gasteiger partial charge in [0.2, 0.25) is 0 Å². The Morgan fingerprint density at radius 1 is 0.303 bits per heavy atom. The second-order valence-electron chi connectivity index (χ2n) is 11.6. The summed E-state index contributed by atoms with van der Waals surface area (Å²) >= 11 is 0. The molecule has 0 fully saturated rings. The van der Waals surface area contributed by atoms with E-state index in [0.29, 0.717) is 0 Å². The Balaban J connectivity index is -0.0000000250. The summed E-state index contributed by atoms with van der Waals surface area (Å²) in [5.74, 6) is 0. The Bertz CT molecular complexity index is 1560. The van der Waals surface area contributed by atoms with Gasteiger partial charge >= 0.3 is 0 Å². The second-order valence-corrected chi connectivity index (χ2v) is 11.6. The number of aromatic nitrogens is 6. The van der Waals surface area contributed by atoms with Crippen molar-refractivity contribution in [1.29, 1.82) is 0 Å². The second kappa shape index (κ2) is 73.3. The zero-order valence-electron chi connectivity index (χ0n) is 39.8. The molecule has 0 atom stereocenters. The average molecular weight is 1390 g/mol. The molecule has 0 aliphatic heterocycles. The van der Waals surface area contributed by atoms with Crippen molar-refractivity contribution < 1.29 is 134 Å². The Kier molecular flexibility index (Phi) is 134. The van der Waals surface area contributed by atoms with E-state index in [1.54, 1.807) is 24.8 Å². The molecule has 0 spiro atoms. The zero-order valence-corrected chi connectivity index (χ0v) is 53.0. The number of aryl methyl sites for hydroxylation is 9. The number of hydrogen-bond donors (Lipinski definition) is 0. The Morgan fingerprint density at radius 3 is 0.909 bits per heavy atom. The molecule has 66 heavy (non-hydrogen) atoms. The van der Waals surface area contributed by atoms with Crippen molar-refractivity contribution in [1.82, 2.24) is 29.9 Å². The van der Waals surface area contributed by atoms with Gasteiger partial charge in [-0.15, -0.1) is 0 Å². The van der Waals surface area contributed by atoms with E-state index in [9.17, 15) is 0 Å². The van der Waals surface area contributed by atoms with Crippen LogP contribution < -0.4 is 0 Å². The molecule has 6 heterocycles. The molecule has 378 valence electrons. The number of nitrogens with zero attached hydrogens (tertiary/aromatic N) is 6. The first-order valence-corrected chi connectivity index (χ1v) is 16.1. The van der Waals surface area contributed by atoms with Crippen molar-refractivity contribution in [2.45, 2.75) is 128 Å². The van der Waals surface area contributed by atoms with Gasteiger partial charge in [0.1, 0.15) is 0 Å². The van der Waals surface area contributed by atoms with E-state index in [-0.39, 0.29) is 223 Å². The zero-order chi connectivity index (χ0) is 35.9. The van der Waals surface area contributed by atoms with Gasteiger partial charge < -0.3 is 44.6 Å². The summed E-state index contributed by atoms with van der Waals surface area (Å²) in [5, 5.41) is 0. The van der Waals surface area contributed by atoms with Crippen LogP contribution in [0.15, 0.2) is 110 Å². The predicted octanol–water partition coefficient (Wildman–Crippen LogP) is 16.7. The van der Waals surface area contributed by atoms with Gasteiger partial charge in [0, 0.05) is 206 Å². The van der Waals surface area contributed by atoms with E-state index >= 15 is 0 Å². The maximum Gasteiger partial charge on any atom is 0.0407 e. The predicted molar refractivity (Wildman–Crippen MR) is 281 cm³/mol. The fourth-order valence-corrected chi connectivity index (χ4v) is 3.95. The summed E-state index contributed by atoms with van der Waals surface area (Å²) in [4.78, 5) is 24.3. The van der Waals surface area contributed by atoms with Gasteiger partial charge in [-0.05, 0) is 164 Å². The van der Waals surface area contributed by atoms with E-state index in [4.69, 9.17) is 0 Å². The molecule has 6 rings (SSSR count). The maximum absolute atomic E-state index is 4.43. The van der Waals surface area contributed by atoms with Crippen LogP contribution in [0.1, 0.15) is 112 Å². The summed E-state index contributed by atoms with van der Waals surface area (Å²) in [7, 11) is 0. The summed E-state index contributed by atoms with van der Waals surface area (Å²) in [6.45, 7) is 24.7. The van der Waals surface area contributed by atoms with Gasteiger partial charge in [-0.25, -0.2) is 0 Å². The van der Waals surface area contributed by atoms with Gasteiger partial charge in [-0.2, -0.15) is 0 Å². The molecule has 6 aromatic rings. The van der Waals surface area contributed by atoms with Gasteiger partial charge in [0.15, 0.2) is 0 Å². The summed E-state index contributed by atoms with van der Waals surface area (Å²) < 4.78 is 0. The molecular formula is C54H96N6Nb6-6. The third kappa shape index (κ3) is 61.4. The third-order valence-electron chi connectivity index (χ3n) is 7.05. The molecule has 6 aromatic heterocycles. The van der Waals surface area contributed by atoms with Crippen molar-refractivity contribution >= 4 is 0 Å². The molecule has 12 heteroatoms. The van der Waals surface area contributed by atoms with E-state index in [2.05, 4.69) is 70.6 Å². The molecule has 6 nitrogen and oxygen atoms in total. The first-order chi connectivity index (χ1) is 22.8. The maximum atomic E-state index is 4.43. The van der Waals surface area contributed by atoms with Crippen molar-refractivity contribution in [3.05, 3.63) is 222 Å². The van der Waals surface area contributed by atoms with Crippen LogP contribution in [-0.4, -0.2) is 29.9 Å². The molecule has 0 aliphatic rings. The van der Waals surface area contributed by atoms with E-state index in [0.717, 1.165) is 28.5 Å². The Hall–Kier alpha value is -0.658. The van der Waals surface area contributed by atoms with Crippen molar-refractivity contribution in [2.24, 2.45) is 0 Å². The van der Waals surface area contributed by atoms with Crippen molar-refractivity contribution in [3.8, 4) is 0 Å². The van der Waals surface area contributed by atoms with E-state index in [1.807, 2.05) is 128 Å². The smallest absolute Gasteiger partial charge is 0.0407 e. The van der Waals surface area contributed by atoms with Crippen LogP contribution in [0.3, 0.4) is 0 Å². The fraction of sp³-hybridized carbons (Fsp3) is 0.333. The molecule has 0 saturated carbocycles. The number of pyridine rings is 6. The molecule has 0 saturated heterocycles. The van der Waals surface area contributed by atoms with Gasteiger partial charge in [-0.1, -0.05) is 68.8 Å².